The average Bonchev–Trinajstić information content (AvgIpc) is 1.97. The van der Waals surface area contributed by atoms with Crippen molar-refractivity contribution in [3.8, 4) is 0 Å². The smallest absolute Gasteiger partial charge is 0.374 e. The van der Waals surface area contributed by atoms with Gasteiger partial charge in [0.1, 0.15) is 0 Å². The van der Waals surface area contributed by atoms with Crippen molar-refractivity contribution in [1.82, 2.24) is 0 Å². The van der Waals surface area contributed by atoms with Crippen LogP contribution in [0, 0.1) is 0 Å². The Morgan fingerprint density at radius 3 is 2.73 bits per heavy atom. The molecule has 0 aromatic heterocycles. The van der Waals surface area contributed by atoms with Gasteiger partial charge < -0.3 is 4.65 Å². The lowest BCUT2D eigenvalue weighted by molar-refractivity contribution is -0.130. The molecule has 0 aromatic carbocycles. The van der Waals surface area contributed by atoms with Crippen molar-refractivity contribution in [1.29, 1.82) is 0 Å². The van der Waals surface area contributed by atoms with Gasteiger partial charge in [-0.3, -0.25) is 0 Å². The predicted octanol–water partition coefficient (Wildman–Crippen LogP) is 1.94. The maximum Gasteiger partial charge on any atom is 0.374 e. The van der Waals surface area contributed by atoms with E-state index in [4.69, 9.17) is 4.65 Å². The van der Waals surface area contributed by atoms with Crippen LogP contribution in [-0.2, 0) is 9.45 Å². The molecule has 61 valence electrons. The highest BCUT2D eigenvalue weighted by Gasteiger charge is 2.02. The molecule has 0 atom stereocenters. The van der Waals surface area contributed by atoms with Gasteiger partial charge in [-0.05, 0) is 13.2 Å². The molecular formula is C8H14BO2. The molecule has 0 spiro atoms. The Hall–Kier alpha value is -0.725. The van der Waals surface area contributed by atoms with E-state index in [2.05, 4.69) is 13.5 Å². The highest BCUT2D eigenvalue weighted by molar-refractivity contribution is 6.31. The highest BCUT2D eigenvalue weighted by atomic mass is 16.5. The van der Waals surface area contributed by atoms with Gasteiger partial charge in [0, 0.05) is 5.57 Å². The zero-order valence-corrected chi connectivity index (χ0v) is 7.22. The van der Waals surface area contributed by atoms with Crippen molar-refractivity contribution in [3.63, 3.8) is 0 Å². The monoisotopic (exact) mass is 153 g/mol. The minimum Gasteiger partial charge on any atom is -0.536 e. The molecule has 2 nitrogen and oxygen atoms in total. The summed E-state index contributed by atoms with van der Waals surface area (Å²) in [6, 6.07) is 0. The van der Waals surface area contributed by atoms with Gasteiger partial charge in [0.15, 0.2) is 0 Å². The van der Waals surface area contributed by atoms with E-state index in [9.17, 15) is 4.79 Å². The van der Waals surface area contributed by atoms with Gasteiger partial charge in [0.05, 0.1) is 0 Å². The van der Waals surface area contributed by atoms with Crippen molar-refractivity contribution >= 4 is 13.5 Å². The maximum absolute atomic E-state index is 10.8. The van der Waals surface area contributed by atoms with Crippen LogP contribution in [0.3, 0.4) is 0 Å². The molecule has 0 aliphatic carbocycles. The third kappa shape index (κ3) is 5.71. The Bertz CT molecular complexity index is 143. The minimum absolute atomic E-state index is 0.332. The Labute approximate surface area is 68.9 Å². The molecular weight excluding hydrogens is 139 g/mol. The van der Waals surface area contributed by atoms with Crippen LogP contribution in [-0.4, -0.2) is 13.5 Å². The Morgan fingerprint density at radius 1 is 1.64 bits per heavy atom. The summed E-state index contributed by atoms with van der Waals surface area (Å²) in [7, 11) is 1.54. The molecule has 0 saturated heterocycles. The summed E-state index contributed by atoms with van der Waals surface area (Å²) in [6.07, 6.45) is 3.00. The highest BCUT2D eigenvalue weighted by Crippen LogP contribution is 1.96. The molecule has 0 aromatic rings. The van der Waals surface area contributed by atoms with Gasteiger partial charge in [-0.15, -0.1) is 0 Å². The summed E-state index contributed by atoms with van der Waals surface area (Å²) in [5.41, 5.74) is 0.442. The number of carbonyl (C=O) groups is 1. The fraction of sp³-hybridized carbons (Fsp3) is 0.625. The first-order chi connectivity index (χ1) is 5.18. The lowest BCUT2D eigenvalue weighted by Crippen LogP contribution is -2.08. The third-order valence-corrected chi connectivity index (χ3v) is 1.21. The van der Waals surface area contributed by atoms with E-state index in [0.717, 1.165) is 19.2 Å². The maximum atomic E-state index is 10.8. The van der Waals surface area contributed by atoms with Crippen LogP contribution in [0.15, 0.2) is 12.2 Å². The molecule has 0 bridgehead atoms. The normalized spacial score (nSPS) is 8.91. The van der Waals surface area contributed by atoms with Crippen molar-refractivity contribution in [2.24, 2.45) is 0 Å². The Kier molecular flexibility index (Phi) is 5.62. The topological polar surface area (TPSA) is 26.3 Å². The van der Waals surface area contributed by atoms with Crippen molar-refractivity contribution < 1.29 is 9.45 Å². The van der Waals surface area contributed by atoms with E-state index in [1.165, 1.54) is 0 Å². The van der Waals surface area contributed by atoms with E-state index < -0.39 is 0 Å². The van der Waals surface area contributed by atoms with E-state index >= 15 is 0 Å². The molecule has 1 radical (unpaired) electrons. The minimum atomic E-state index is -0.332. The molecule has 0 unspecified atom stereocenters. The standard InChI is InChI=1S/C8H14BO2/c1-4-5-6-9-11-8(10)7(2)3/h2,4-6H2,1,3H3. The zero-order chi connectivity index (χ0) is 8.69. The molecule has 0 aliphatic rings. The summed E-state index contributed by atoms with van der Waals surface area (Å²) in [4.78, 5) is 10.8. The first-order valence-electron chi connectivity index (χ1n) is 3.86. The first kappa shape index (κ1) is 10.3. The van der Waals surface area contributed by atoms with Gasteiger partial charge >= 0.3 is 13.5 Å². The second-order valence-corrected chi connectivity index (χ2v) is 2.49. The molecule has 3 heteroatoms. The van der Waals surface area contributed by atoms with Crippen molar-refractivity contribution in [2.45, 2.75) is 33.0 Å². The lowest BCUT2D eigenvalue weighted by Gasteiger charge is -2.00. The fourth-order valence-corrected chi connectivity index (χ4v) is 0.523. The summed E-state index contributed by atoms with van der Waals surface area (Å²) in [5.74, 6) is -0.332. The molecule has 11 heavy (non-hydrogen) atoms. The van der Waals surface area contributed by atoms with Crippen LogP contribution in [0.5, 0.6) is 0 Å². The third-order valence-electron chi connectivity index (χ3n) is 1.21. The van der Waals surface area contributed by atoms with Crippen LogP contribution in [0.2, 0.25) is 6.32 Å². The van der Waals surface area contributed by atoms with Gasteiger partial charge in [-0.25, -0.2) is 4.79 Å². The molecule has 0 amide bonds. The molecule has 0 saturated carbocycles. The summed E-state index contributed by atoms with van der Waals surface area (Å²) in [5, 5.41) is 0. The van der Waals surface area contributed by atoms with Crippen LogP contribution < -0.4 is 0 Å². The molecule has 0 aliphatic heterocycles. The number of unbranched alkanes of at least 4 members (excludes halogenated alkanes) is 1. The van der Waals surface area contributed by atoms with E-state index in [0.29, 0.717) is 5.57 Å². The molecule has 0 rings (SSSR count). The fourth-order valence-electron chi connectivity index (χ4n) is 0.523. The van der Waals surface area contributed by atoms with E-state index in [1.807, 2.05) is 0 Å². The van der Waals surface area contributed by atoms with E-state index in [1.54, 1.807) is 14.4 Å². The SMILES string of the molecule is C=C(C)C(=O)O[B]CCCC. The van der Waals surface area contributed by atoms with Crippen molar-refractivity contribution in [2.75, 3.05) is 0 Å². The first-order valence-corrected chi connectivity index (χ1v) is 3.86. The van der Waals surface area contributed by atoms with Crippen LogP contribution in [0.4, 0.5) is 0 Å². The van der Waals surface area contributed by atoms with E-state index in [-0.39, 0.29) is 5.97 Å². The second-order valence-electron chi connectivity index (χ2n) is 2.49. The van der Waals surface area contributed by atoms with Gasteiger partial charge in [-0.2, -0.15) is 0 Å². The summed E-state index contributed by atoms with van der Waals surface area (Å²) < 4.78 is 4.74. The van der Waals surface area contributed by atoms with Crippen LogP contribution in [0.1, 0.15) is 26.7 Å². The summed E-state index contributed by atoms with van der Waals surface area (Å²) >= 11 is 0. The average molecular weight is 153 g/mol. The Balaban J connectivity index is 3.25. The summed E-state index contributed by atoms with van der Waals surface area (Å²) in [6.45, 7) is 7.19. The number of hydrogen-bond donors (Lipinski definition) is 0. The molecule has 0 heterocycles. The van der Waals surface area contributed by atoms with Crippen LogP contribution >= 0.6 is 0 Å². The van der Waals surface area contributed by atoms with Gasteiger partial charge in [0.2, 0.25) is 0 Å². The van der Waals surface area contributed by atoms with Gasteiger partial charge in [-0.1, -0.05) is 26.3 Å². The zero-order valence-electron chi connectivity index (χ0n) is 7.22. The number of rotatable bonds is 5. The van der Waals surface area contributed by atoms with Crippen LogP contribution in [0.25, 0.3) is 0 Å². The lowest BCUT2D eigenvalue weighted by atomic mass is 9.92. The number of carbonyl (C=O) groups excluding carboxylic acids is 1. The van der Waals surface area contributed by atoms with Gasteiger partial charge in [0.25, 0.3) is 0 Å². The number of hydrogen-bond acceptors (Lipinski definition) is 2. The molecule has 0 N–H and O–H groups in total. The van der Waals surface area contributed by atoms with Crippen molar-refractivity contribution in [3.05, 3.63) is 12.2 Å². The second kappa shape index (κ2) is 6.02. The predicted molar refractivity (Wildman–Crippen MR) is 46.4 cm³/mol. The largest absolute Gasteiger partial charge is 0.536 e. The Morgan fingerprint density at radius 2 is 2.27 bits per heavy atom. The quantitative estimate of drug-likeness (QED) is 0.342. The molecule has 0 fully saturated rings.